The lowest BCUT2D eigenvalue weighted by molar-refractivity contribution is 0.248. The maximum absolute atomic E-state index is 9.92. The second-order valence-corrected chi connectivity index (χ2v) is 5.13. The first-order valence-electron chi connectivity index (χ1n) is 6.47. The van der Waals surface area contributed by atoms with Crippen molar-refractivity contribution in [2.75, 3.05) is 13.1 Å². The average molecular weight is 229 g/mol. The summed E-state index contributed by atoms with van der Waals surface area (Å²) in [6.45, 7) is 6.00. The van der Waals surface area contributed by atoms with Crippen LogP contribution in [0.3, 0.4) is 0 Å². The number of phenols is 1. The third-order valence-corrected chi connectivity index (χ3v) is 4.30. The standard InChI is InChI=1S/C15H19NO/c1-2-9-16-10-8-12-11-4-3-5-15(17)13(11)6-7-14(12)16/h2-5,12,14,17H,1,6-10H2/t12-,14-/m1/s1. The molecule has 1 aliphatic heterocycles. The summed E-state index contributed by atoms with van der Waals surface area (Å²) >= 11 is 0. The lowest BCUT2D eigenvalue weighted by atomic mass is 9.79. The smallest absolute Gasteiger partial charge is 0.119 e. The molecule has 2 nitrogen and oxygen atoms in total. The van der Waals surface area contributed by atoms with Gasteiger partial charge in [-0.2, -0.15) is 0 Å². The van der Waals surface area contributed by atoms with E-state index in [1.807, 2.05) is 18.2 Å². The molecule has 0 spiro atoms. The highest BCUT2D eigenvalue weighted by molar-refractivity contribution is 5.44. The maximum Gasteiger partial charge on any atom is 0.119 e. The predicted octanol–water partition coefficient (Wildman–Crippen LogP) is 2.68. The van der Waals surface area contributed by atoms with Crippen LogP contribution in [0.4, 0.5) is 0 Å². The zero-order valence-corrected chi connectivity index (χ0v) is 10.1. The molecular weight excluding hydrogens is 210 g/mol. The number of rotatable bonds is 2. The van der Waals surface area contributed by atoms with Gasteiger partial charge in [-0.1, -0.05) is 18.2 Å². The molecule has 0 bridgehead atoms. The summed E-state index contributed by atoms with van der Waals surface area (Å²) in [5.41, 5.74) is 2.57. The van der Waals surface area contributed by atoms with Crippen molar-refractivity contribution in [3.05, 3.63) is 42.0 Å². The lowest BCUT2D eigenvalue weighted by Gasteiger charge is -2.33. The van der Waals surface area contributed by atoms with Gasteiger partial charge < -0.3 is 5.11 Å². The molecule has 0 unspecified atom stereocenters. The first-order chi connectivity index (χ1) is 8.31. The van der Waals surface area contributed by atoms with Gasteiger partial charge in [0.25, 0.3) is 0 Å². The Labute approximate surface area is 103 Å². The van der Waals surface area contributed by atoms with Crippen molar-refractivity contribution >= 4 is 0 Å². The molecule has 17 heavy (non-hydrogen) atoms. The first-order valence-corrected chi connectivity index (χ1v) is 6.47. The average Bonchev–Trinajstić information content (AvgIpc) is 2.74. The topological polar surface area (TPSA) is 23.5 Å². The number of hydrogen-bond acceptors (Lipinski definition) is 2. The van der Waals surface area contributed by atoms with Crippen molar-refractivity contribution in [2.24, 2.45) is 0 Å². The van der Waals surface area contributed by atoms with Crippen molar-refractivity contribution in [3.63, 3.8) is 0 Å². The fourth-order valence-electron chi connectivity index (χ4n) is 3.56. The van der Waals surface area contributed by atoms with E-state index in [1.165, 1.54) is 24.0 Å². The highest BCUT2D eigenvalue weighted by atomic mass is 16.3. The normalized spacial score (nSPS) is 27.5. The zero-order valence-electron chi connectivity index (χ0n) is 10.1. The van der Waals surface area contributed by atoms with Crippen LogP contribution in [-0.2, 0) is 6.42 Å². The van der Waals surface area contributed by atoms with Gasteiger partial charge >= 0.3 is 0 Å². The Morgan fingerprint density at radius 1 is 1.41 bits per heavy atom. The largest absolute Gasteiger partial charge is 0.508 e. The van der Waals surface area contributed by atoms with Gasteiger partial charge in [0.15, 0.2) is 0 Å². The second-order valence-electron chi connectivity index (χ2n) is 5.13. The summed E-state index contributed by atoms with van der Waals surface area (Å²) in [5.74, 6) is 1.11. The third kappa shape index (κ3) is 1.67. The molecule has 1 aromatic rings. The lowest BCUT2D eigenvalue weighted by Crippen LogP contribution is -2.35. The van der Waals surface area contributed by atoms with E-state index in [2.05, 4.69) is 17.5 Å². The molecule has 0 amide bonds. The van der Waals surface area contributed by atoms with Gasteiger partial charge in [-0.05, 0) is 43.0 Å². The van der Waals surface area contributed by atoms with Gasteiger partial charge in [-0.3, -0.25) is 4.90 Å². The van der Waals surface area contributed by atoms with E-state index >= 15 is 0 Å². The van der Waals surface area contributed by atoms with E-state index in [-0.39, 0.29) is 0 Å². The minimum atomic E-state index is 0.489. The van der Waals surface area contributed by atoms with E-state index in [0.29, 0.717) is 17.7 Å². The van der Waals surface area contributed by atoms with Crippen molar-refractivity contribution in [1.82, 2.24) is 4.90 Å². The molecule has 90 valence electrons. The van der Waals surface area contributed by atoms with Gasteiger partial charge in [0.1, 0.15) is 5.75 Å². The SMILES string of the molecule is C=CCN1CC[C@@H]2c3cccc(O)c3CC[C@H]21. The minimum Gasteiger partial charge on any atom is -0.508 e. The van der Waals surface area contributed by atoms with Crippen molar-refractivity contribution < 1.29 is 5.11 Å². The molecule has 0 aromatic heterocycles. The minimum absolute atomic E-state index is 0.489. The molecule has 1 saturated heterocycles. The first kappa shape index (κ1) is 10.8. The van der Waals surface area contributed by atoms with E-state index in [9.17, 15) is 5.11 Å². The van der Waals surface area contributed by atoms with Gasteiger partial charge in [0, 0.05) is 18.5 Å². The van der Waals surface area contributed by atoms with Crippen LogP contribution in [0.5, 0.6) is 5.75 Å². The zero-order chi connectivity index (χ0) is 11.8. The number of likely N-dealkylation sites (tertiary alicyclic amines) is 1. The summed E-state index contributed by atoms with van der Waals surface area (Å²) < 4.78 is 0. The molecule has 2 aliphatic rings. The highest BCUT2D eigenvalue weighted by Crippen LogP contribution is 2.43. The Hall–Kier alpha value is -1.28. The summed E-state index contributed by atoms with van der Waals surface area (Å²) in [6, 6.07) is 6.65. The fraction of sp³-hybridized carbons (Fsp3) is 0.467. The molecule has 2 heteroatoms. The third-order valence-electron chi connectivity index (χ3n) is 4.30. The molecule has 0 radical (unpaired) electrons. The molecule has 2 atom stereocenters. The maximum atomic E-state index is 9.92. The number of hydrogen-bond donors (Lipinski definition) is 1. The van der Waals surface area contributed by atoms with Crippen LogP contribution in [0.2, 0.25) is 0 Å². The molecule has 3 rings (SSSR count). The number of fused-ring (bicyclic) bond motifs is 3. The Bertz CT molecular complexity index is 441. The number of benzene rings is 1. The number of phenolic OH excluding ortho intramolecular Hbond substituents is 1. The molecule has 1 aromatic carbocycles. The molecule has 0 saturated carbocycles. The monoisotopic (exact) mass is 229 g/mol. The molecule has 1 aliphatic carbocycles. The van der Waals surface area contributed by atoms with Crippen molar-refractivity contribution in [3.8, 4) is 5.75 Å². The van der Waals surface area contributed by atoms with Gasteiger partial charge in [-0.25, -0.2) is 0 Å². The predicted molar refractivity (Wildman–Crippen MR) is 69.3 cm³/mol. The summed E-state index contributed by atoms with van der Waals surface area (Å²) in [5, 5.41) is 9.92. The number of nitrogens with zero attached hydrogens (tertiary/aromatic N) is 1. The van der Waals surface area contributed by atoms with Gasteiger partial charge in [0.2, 0.25) is 0 Å². The van der Waals surface area contributed by atoms with Crippen LogP contribution >= 0.6 is 0 Å². The van der Waals surface area contributed by atoms with E-state index in [4.69, 9.17) is 0 Å². The van der Waals surface area contributed by atoms with Crippen LogP contribution in [0.1, 0.15) is 29.9 Å². The molecule has 1 fully saturated rings. The Morgan fingerprint density at radius 2 is 2.29 bits per heavy atom. The van der Waals surface area contributed by atoms with Crippen LogP contribution in [0.15, 0.2) is 30.9 Å². The summed E-state index contributed by atoms with van der Waals surface area (Å²) in [7, 11) is 0. The van der Waals surface area contributed by atoms with E-state index in [1.54, 1.807) is 0 Å². The highest BCUT2D eigenvalue weighted by Gasteiger charge is 2.38. The molecule has 1 heterocycles. The molecular formula is C15H19NO. The van der Waals surface area contributed by atoms with Crippen molar-refractivity contribution in [1.29, 1.82) is 0 Å². The van der Waals surface area contributed by atoms with Crippen LogP contribution in [0, 0.1) is 0 Å². The van der Waals surface area contributed by atoms with Gasteiger partial charge in [-0.15, -0.1) is 6.58 Å². The number of aromatic hydroxyl groups is 1. The van der Waals surface area contributed by atoms with E-state index in [0.717, 1.165) is 19.5 Å². The molecule has 1 N–H and O–H groups in total. The summed E-state index contributed by atoms with van der Waals surface area (Å²) in [4.78, 5) is 2.53. The fourth-order valence-corrected chi connectivity index (χ4v) is 3.56. The van der Waals surface area contributed by atoms with Crippen LogP contribution in [-0.4, -0.2) is 29.1 Å². The van der Waals surface area contributed by atoms with Crippen LogP contribution in [0.25, 0.3) is 0 Å². The Balaban J connectivity index is 1.94. The van der Waals surface area contributed by atoms with Crippen LogP contribution < -0.4 is 0 Å². The van der Waals surface area contributed by atoms with Gasteiger partial charge in [0.05, 0.1) is 0 Å². The quantitative estimate of drug-likeness (QED) is 0.788. The van der Waals surface area contributed by atoms with E-state index < -0.39 is 0 Å². The second kappa shape index (κ2) is 4.19. The Kier molecular flexibility index (Phi) is 2.67. The summed E-state index contributed by atoms with van der Waals surface area (Å²) in [6.07, 6.45) is 5.40. The Morgan fingerprint density at radius 3 is 3.12 bits per heavy atom. The van der Waals surface area contributed by atoms with Crippen molar-refractivity contribution in [2.45, 2.75) is 31.2 Å².